The molecule has 3 nitrogen and oxygen atoms in total. The predicted molar refractivity (Wildman–Crippen MR) is 73.5 cm³/mol. The quantitative estimate of drug-likeness (QED) is 0.896. The van der Waals surface area contributed by atoms with Crippen molar-refractivity contribution in [1.82, 2.24) is 10.2 Å². The highest BCUT2D eigenvalue weighted by atomic mass is 79.9. The van der Waals surface area contributed by atoms with Crippen LogP contribution in [0.1, 0.15) is 12.0 Å². The Hall–Kier alpha value is -0.720. The minimum absolute atomic E-state index is 0.233. The number of nitrogens with one attached hydrogen (secondary N) is 1. The van der Waals surface area contributed by atoms with Crippen LogP contribution in [0.25, 0.3) is 0 Å². The summed E-state index contributed by atoms with van der Waals surface area (Å²) in [6.07, 6.45) is 1.08. The second-order valence-corrected chi connectivity index (χ2v) is 5.67. The highest BCUT2D eigenvalue weighted by molar-refractivity contribution is 9.10. The number of rotatable bonds is 5. The van der Waals surface area contributed by atoms with Crippen LogP contribution < -0.4 is 10.1 Å². The van der Waals surface area contributed by atoms with Gasteiger partial charge in [-0.05, 0) is 38.2 Å². The van der Waals surface area contributed by atoms with Crippen molar-refractivity contribution in [2.24, 2.45) is 0 Å². The fourth-order valence-electron chi connectivity index (χ4n) is 2.25. The van der Waals surface area contributed by atoms with E-state index in [4.69, 9.17) is 0 Å². The second kappa shape index (κ2) is 6.63. The van der Waals surface area contributed by atoms with E-state index < -0.39 is 6.61 Å². The number of likely N-dealkylation sites (tertiary alicyclic amines) is 1. The molecule has 1 aliphatic heterocycles. The molecule has 1 N–H and O–H groups in total. The van der Waals surface area contributed by atoms with Crippen LogP contribution in [0.15, 0.2) is 22.7 Å². The molecule has 1 unspecified atom stereocenters. The molecule has 0 bridgehead atoms. The first kappa shape index (κ1) is 14.7. The highest BCUT2D eigenvalue weighted by Crippen LogP contribution is 2.25. The third-order valence-electron chi connectivity index (χ3n) is 3.21. The Balaban J connectivity index is 1.99. The van der Waals surface area contributed by atoms with Crippen molar-refractivity contribution < 1.29 is 13.5 Å². The Morgan fingerprint density at radius 1 is 1.53 bits per heavy atom. The van der Waals surface area contributed by atoms with Crippen molar-refractivity contribution in [3.63, 3.8) is 0 Å². The maximum absolute atomic E-state index is 12.3. The van der Waals surface area contributed by atoms with E-state index >= 15 is 0 Å². The van der Waals surface area contributed by atoms with Gasteiger partial charge in [0.2, 0.25) is 0 Å². The highest BCUT2D eigenvalue weighted by Gasteiger charge is 2.19. The number of ether oxygens (including phenoxy) is 1. The minimum atomic E-state index is -2.79. The first-order chi connectivity index (χ1) is 9.04. The van der Waals surface area contributed by atoms with Crippen molar-refractivity contribution in [3.8, 4) is 5.75 Å². The minimum Gasteiger partial charge on any atom is -0.434 e. The van der Waals surface area contributed by atoms with Gasteiger partial charge in [-0.3, -0.25) is 0 Å². The number of hydrogen-bond acceptors (Lipinski definition) is 3. The molecule has 0 aromatic heterocycles. The number of benzene rings is 1. The summed E-state index contributed by atoms with van der Waals surface area (Å²) in [6.45, 7) is -0.215. The van der Waals surface area contributed by atoms with Gasteiger partial charge in [0.1, 0.15) is 5.75 Å². The molecule has 0 spiro atoms. The van der Waals surface area contributed by atoms with E-state index in [1.165, 1.54) is 0 Å². The lowest BCUT2D eigenvalue weighted by Crippen LogP contribution is -2.31. The van der Waals surface area contributed by atoms with Gasteiger partial charge in [-0.2, -0.15) is 8.78 Å². The van der Waals surface area contributed by atoms with E-state index in [-0.39, 0.29) is 5.75 Å². The van der Waals surface area contributed by atoms with Crippen molar-refractivity contribution >= 4 is 15.9 Å². The van der Waals surface area contributed by atoms with Gasteiger partial charge >= 0.3 is 6.61 Å². The molecule has 1 heterocycles. The van der Waals surface area contributed by atoms with E-state index in [0.717, 1.165) is 29.5 Å². The predicted octanol–water partition coefficient (Wildman–Crippen LogP) is 2.84. The summed E-state index contributed by atoms with van der Waals surface area (Å²) in [5.74, 6) is 0.233. The summed E-state index contributed by atoms with van der Waals surface area (Å²) < 4.78 is 30.1. The van der Waals surface area contributed by atoms with E-state index in [2.05, 4.69) is 37.9 Å². The van der Waals surface area contributed by atoms with Crippen LogP contribution in [0, 0.1) is 0 Å². The van der Waals surface area contributed by atoms with Gasteiger partial charge in [0.25, 0.3) is 0 Å². The van der Waals surface area contributed by atoms with E-state index in [9.17, 15) is 8.78 Å². The third kappa shape index (κ3) is 4.40. The largest absolute Gasteiger partial charge is 0.434 e. The molecule has 0 radical (unpaired) electrons. The fourth-order valence-corrected chi connectivity index (χ4v) is 2.66. The Morgan fingerprint density at radius 2 is 2.32 bits per heavy atom. The lowest BCUT2D eigenvalue weighted by molar-refractivity contribution is -0.0505. The van der Waals surface area contributed by atoms with Crippen molar-refractivity contribution in [2.45, 2.75) is 25.6 Å². The Morgan fingerprint density at radius 3 is 2.95 bits per heavy atom. The Kier molecular flexibility index (Phi) is 5.13. The average molecular weight is 335 g/mol. The van der Waals surface area contributed by atoms with E-state index in [1.807, 2.05) is 6.07 Å². The molecule has 1 aliphatic rings. The summed E-state index contributed by atoms with van der Waals surface area (Å²) in [5.41, 5.74) is 0.740. The van der Waals surface area contributed by atoms with Gasteiger partial charge in [0.15, 0.2) is 0 Å². The van der Waals surface area contributed by atoms with Gasteiger partial charge in [0, 0.05) is 29.2 Å². The normalized spacial score (nSPS) is 20.2. The van der Waals surface area contributed by atoms with Gasteiger partial charge < -0.3 is 15.0 Å². The smallest absolute Gasteiger partial charge is 0.387 e. The van der Waals surface area contributed by atoms with Crippen molar-refractivity contribution in [2.75, 3.05) is 20.1 Å². The monoisotopic (exact) mass is 334 g/mol. The molecule has 106 valence electrons. The van der Waals surface area contributed by atoms with Gasteiger partial charge in [-0.15, -0.1) is 0 Å². The molecule has 1 fully saturated rings. The topological polar surface area (TPSA) is 24.5 Å². The molecule has 1 aromatic rings. The molecule has 0 saturated carbocycles. The number of nitrogens with zero attached hydrogens (tertiary/aromatic N) is 1. The maximum atomic E-state index is 12.3. The molecule has 19 heavy (non-hydrogen) atoms. The van der Waals surface area contributed by atoms with Crippen LogP contribution in [0.5, 0.6) is 5.75 Å². The number of alkyl halides is 2. The van der Waals surface area contributed by atoms with Gasteiger partial charge in [-0.25, -0.2) is 0 Å². The second-order valence-electron chi connectivity index (χ2n) is 4.76. The summed E-state index contributed by atoms with van der Waals surface area (Å²) in [4.78, 5) is 2.25. The molecule has 0 amide bonds. The zero-order chi connectivity index (χ0) is 13.8. The van der Waals surface area contributed by atoms with Crippen LogP contribution in [-0.4, -0.2) is 37.7 Å². The van der Waals surface area contributed by atoms with Crippen LogP contribution >= 0.6 is 15.9 Å². The van der Waals surface area contributed by atoms with Crippen molar-refractivity contribution in [1.29, 1.82) is 0 Å². The van der Waals surface area contributed by atoms with Crippen LogP contribution in [0.3, 0.4) is 0 Å². The zero-order valence-corrected chi connectivity index (χ0v) is 12.3. The Bertz CT molecular complexity index is 431. The SMILES string of the molecule is CN1CCC(NCc2cc(Br)ccc2OC(F)F)C1. The van der Waals surface area contributed by atoms with Crippen LogP contribution in [-0.2, 0) is 6.54 Å². The molecule has 1 saturated heterocycles. The Labute approximate surface area is 120 Å². The first-order valence-electron chi connectivity index (χ1n) is 6.20. The van der Waals surface area contributed by atoms with Crippen LogP contribution in [0.4, 0.5) is 8.78 Å². The first-order valence-corrected chi connectivity index (χ1v) is 6.99. The van der Waals surface area contributed by atoms with Gasteiger partial charge in [0.05, 0.1) is 0 Å². The lowest BCUT2D eigenvalue weighted by Gasteiger charge is -2.15. The number of likely N-dealkylation sites (N-methyl/N-ethyl adjacent to an activating group) is 1. The molecule has 0 aliphatic carbocycles. The molecular formula is C13H17BrF2N2O. The maximum Gasteiger partial charge on any atom is 0.387 e. The molecule has 6 heteroatoms. The summed E-state index contributed by atoms with van der Waals surface area (Å²) in [7, 11) is 2.08. The average Bonchev–Trinajstić information content (AvgIpc) is 2.75. The molecule has 2 rings (SSSR count). The van der Waals surface area contributed by atoms with E-state index in [0.29, 0.717) is 12.6 Å². The van der Waals surface area contributed by atoms with Gasteiger partial charge in [-0.1, -0.05) is 15.9 Å². The van der Waals surface area contributed by atoms with Crippen molar-refractivity contribution in [3.05, 3.63) is 28.2 Å². The molecule has 1 atom stereocenters. The van der Waals surface area contributed by atoms with Crippen LogP contribution in [0.2, 0.25) is 0 Å². The summed E-state index contributed by atoms with van der Waals surface area (Å²) >= 11 is 3.35. The lowest BCUT2D eigenvalue weighted by atomic mass is 10.2. The summed E-state index contributed by atoms with van der Waals surface area (Å²) in [5, 5.41) is 3.38. The fraction of sp³-hybridized carbons (Fsp3) is 0.538. The number of hydrogen-bond donors (Lipinski definition) is 1. The zero-order valence-electron chi connectivity index (χ0n) is 10.7. The number of halogens is 3. The standard InChI is InChI=1S/C13H17BrF2N2O/c1-18-5-4-11(8-18)17-7-9-6-10(14)2-3-12(9)19-13(15)16/h2-3,6,11,13,17H,4-5,7-8H2,1H3. The third-order valence-corrected chi connectivity index (χ3v) is 3.70. The molecular weight excluding hydrogens is 318 g/mol. The molecule has 1 aromatic carbocycles. The summed E-state index contributed by atoms with van der Waals surface area (Å²) in [6, 6.07) is 5.48. The van der Waals surface area contributed by atoms with E-state index in [1.54, 1.807) is 12.1 Å².